The predicted octanol–water partition coefficient (Wildman–Crippen LogP) is 1.23. The van der Waals surface area contributed by atoms with Crippen molar-refractivity contribution in [2.75, 3.05) is 13.6 Å². The minimum absolute atomic E-state index is 0.0432. The van der Waals surface area contributed by atoms with Gasteiger partial charge >= 0.3 is 0 Å². The maximum Gasteiger partial charge on any atom is 0.228 e. The van der Waals surface area contributed by atoms with Gasteiger partial charge in [-0.15, -0.1) is 0 Å². The van der Waals surface area contributed by atoms with E-state index in [4.69, 9.17) is 5.73 Å². The lowest BCUT2D eigenvalue weighted by Crippen LogP contribution is -2.43. The molecule has 1 amide bonds. The van der Waals surface area contributed by atoms with Crippen LogP contribution in [0.25, 0.3) is 0 Å². The van der Waals surface area contributed by atoms with Gasteiger partial charge in [0.25, 0.3) is 0 Å². The second-order valence-electron chi connectivity index (χ2n) is 4.40. The molecule has 0 bridgehead atoms. The van der Waals surface area contributed by atoms with E-state index in [0.717, 1.165) is 6.42 Å². The first-order chi connectivity index (χ1) is 5.81. The van der Waals surface area contributed by atoms with Crippen LogP contribution in [0.3, 0.4) is 0 Å². The van der Waals surface area contributed by atoms with E-state index < -0.39 is 0 Å². The lowest BCUT2D eigenvalue weighted by molar-refractivity contribution is -0.139. The van der Waals surface area contributed by atoms with E-state index >= 15 is 0 Å². The lowest BCUT2D eigenvalue weighted by atomic mass is 9.88. The van der Waals surface area contributed by atoms with Gasteiger partial charge in [-0.05, 0) is 13.3 Å². The average molecular weight is 186 g/mol. The summed E-state index contributed by atoms with van der Waals surface area (Å²) < 4.78 is 0. The Morgan fingerprint density at radius 2 is 2.00 bits per heavy atom. The molecule has 0 rings (SSSR count). The van der Waals surface area contributed by atoms with Crippen molar-refractivity contribution in [1.29, 1.82) is 0 Å². The third-order valence-corrected chi connectivity index (χ3v) is 2.37. The molecule has 0 aromatic rings. The first kappa shape index (κ1) is 12.4. The normalized spacial score (nSPS) is 14.0. The Morgan fingerprint density at radius 1 is 1.54 bits per heavy atom. The lowest BCUT2D eigenvalue weighted by Gasteiger charge is -2.29. The monoisotopic (exact) mass is 186 g/mol. The zero-order chi connectivity index (χ0) is 10.6. The first-order valence-electron chi connectivity index (χ1n) is 4.82. The van der Waals surface area contributed by atoms with Crippen molar-refractivity contribution in [3.63, 3.8) is 0 Å². The molecule has 78 valence electrons. The van der Waals surface area contributed by atoms with Crippen LogP contribution in [0.4, 0.5) is 0 Å². The van der Waals surface area contributed by atoms with Gasteiger partial charge < -0.3 is 10.6 Å². The molecule has 2 N–H and O–H groups in total. The Morgan fingerprint density at radius 3 is 2.31 bits per heavy atom. The van der Waals surface area contributed by atoms with Crippen molar-refractivity contribution in [3.05, 3.63) is 0 Å². The van der Waals surface area contributed by atoms with Crippen LogP contribution in [0.1, 0.15) is 34.1 Å². The fourth-order valence-electron chi connectivity index (χ4n) is 1.18. The molecule has 0 aliphatic heterocycles. The van der Waals surface area contributed by atoms with Crippen LogP contribution in [0.15, 0.2) is 0 Å². The highest BCUT2D eigenvalue weighted by molar-refractivity contribution is 5.81. The van der Waals surface area contributed by atoms with Crippen LogP contribution in [0.2, 0.25) is 0 Å². The Labute approximate surface area is 81.3 Å². The summed E-state index contributed by atoms with van der Waals surface area (Å²) in [6.07, 6.45) is 0.856. The minimum atomic E-state index is -0.260. The highest BCUT2D eigenvalue weighted by atomic mass is 16.2. The molecule has 13 heavy (non-hydrogen) atoms. The van der Waals surface area contributed by atoms with Crippen LogP contribution >= 0.6 is 0 Å². The molecular formula is C10H22N2O. The van der Waals surface area contributed by atoms with Gasteiger partial charge in [-0.1, -0.05) is 20.8 Å². The molecule has 0 heterocycles. The SMILES string of the molecule is CCC(C)(C)C(=O)N(C)CC(C)N. The van der Waals surface area contributed by atoms with E-state index in [1.54, 1.807) is 4.90 Å². The molecule has 0 saturated heterocycles. The highest BCUT2D eigenvalue weighted by Gasteiger charge is 2.28. The van der Waals surface area contributed by atoms with Crippen molar-refractivity contribution in [2.24, 2.45) is 11.1 Å². The van der Waals surface area contributed by atoms with Gasteiger partial charge in [-0.2, -0.15) is 0 Å². The quantitative estimate of drug-likeness (QED) is 0.717. The van der Waals surface area contributed by atoms with Crippen LogP contribution in [0.5, 0.6) is 0 Å². The molecule has 0 spiro atoms. The van der Waals surface area contributed by atoms with Gasteiger partial charge in [0.15, 0.2) is 0 Å². The molecule has 1 unspecified atom stereocenters. The summed E-state index contributed by atoms with van der Waals surface area (Å²) in [5, 5.41) is 0. The number of hydrogen-bond donors (Lipinski definition) is 1. The molecule has 0 aromatic carbocycles. The second kappa shape index (κ2) is 4.61. The van der Waals surface area contributed by atoms with E-state index in [1.807, 2.05) is 34.7 Å². The summed E-state index contributed by atoms with van der Waals surface area (Å²) in [7, 11) is 1.81. The summed E-state index contributed by atoms with van der Waals surface area (Å²) >= 11 is 0. The predicted molar refractivity (Wildman–Crippen MR) is 55.4 cm³/mol. The van der Waals surface area contributed by atoms with Gasteiger partial charge in [0, 0.05) is 25.0 Å². The smallest absolute Gasteiger partial charge is 0.228 e. The van der Waals surface area contributed by atoms with E-state index in [9.17, 15) is 4.79 Å². The molecule has 0 aliphatic carbocycles. The summed E-state index contributed by atoms with van der Waals surface area (Å²) in [6, 6.07) is 0.0432. The summed E-state index contributed by atoms with van der Waals surface area (Å²) in [5.41, 5.74) is 5.36. The Bertz CT molecular complexity index is 176. The molecule has 0 aromatic heterocycles. The number of nitrogens with zero attached hydrogens (tertiary/aromatic N) is 1. The van der Waals surface area contributed by atoms with E-state index in [-0.39, 0.29) is 17.4 Å². The van der Waals surface area contributed by atoms with Crippen LogP contribution in [-0.2, 0) is 4.79 Å². The Kier molecular flexibility index (Phi) is 4.40. The van der Waals surface area contributed by atoms with E-state index in [0.29, 0.717) is 6.54 Å². The van der Waals surface area contributed by atoms with Crippen molar-refractivity contribution in [1.82, 2.24) is 4.90 Å². The summed E-state index contributed by atoms with van der Waals surface area (Å²) in [6.45, 7) is 8.49. The maximum atomic E-state index is 11.8. The first-order valence-corrected chi connectivity index (χ1v) is 4.82. The molecule has 3 heteroatoms. The number of carbonyl (C=O) groups is 1. The van der Waals surface area contributed by atoms with Crippen molar-refractivity contribution < 1.29 is 4.79 Å². The zero-order valence-corrected chi connectivity index (χ0v) is 9.42. The summed E-state index contributed by atoms with van der Waals surface area (Å²) in [4.78, 5) is 13.5. The van der Waals surface area contributed by atoms with Crippen LogP contribution < -0.4 is 5.73 Å². The van der Waals surface area contributed by atoms with Crippen molar-refractivity contribution >= 4 is 5.91 Å². The van der Waals surface area contributed by atoms with Gasteiger partial charge in [0.2, 0.25) is 5.91 Å². The number of carbonyl (C=O) groups excluding carboxylic acids is 1. The third kappa shape index (κ3) is 3.77. The standard InChI is InChI=1S/C10H22N2O/c1-6-10(3,4)9(13)12(5)7-8(2)11/h8H,6-7,11H2,1-5H3. The topological polar surface area (TPSA) is 46.3 Å². The molecule has 0 saturated carbocycles. The highest BCUT2D eigenvalue weighted by Crippen LogP contribution is 2.22. The fourth-order valence-corrected chi connectivity index (χ4v) is 1.18. The average Bonchev–Trinajstić information content (AvgIpc) is 2.01. The number of rotatable bonds is 4. The fraction of sp³-hybridized carbons (Fsp3) is 0.900. The van der Waals surface area contributed by atoms with Crippen LogP contribution in [-0.4, -0.2) is 30.4 Å². The number of likely N-dealkylation sites (N-methyl/N-ethyl adjacent to an activating group) is 1. The van der Waals surface area contributed by atoms with Gasteiger partial charge in [-0.3, -0.25) is 4.79 Å². The Hall–Kier alpha value is -0.570. The molecule has 1 atom stereocenters. The van der Waals surface area contributed by atoms with E-state index in [1.165, 1.54) is 0 Å². The third-order valence-electron chi connectivity index (χ3n) is 2.37. The number of hydrogen-bond acceptors (Lipinski definition) is 2. The van der Waals surface area contributed by atoms with Gasteiger partial charge in [0.1, 0.15) is 0 Å². The zero-order valence-electron chi connectivity index (χ0n) is 9.42. The summed E-state index contributed by atoms with van der Waals surface area (Å²) in [5.74, 6) is 0.173. The van der Waals surface area contributed by atoms with Crippen LogP contribution in [0, 0.1) is 5.41 Å². The van der Waals surface area contributed by atoms with Crippen molar-refractivity contribution in [2.45, 2.75) is 40.2 Å². The van der Waals surface area contributed by atoms with Crippen molar-refractivity contribution in [3.8, 4) is 0 Å². The molecule has 0 fully saturated rings. The molecular weight excluding hydrogens is 164 g/mol. The Balaban J connectivity index is 4.25. The minimum Gasteiger partial charge on any atom is -0.344 e. The van der Waals surface area contributed by atoms with Gasteiger partial charge in [0.05, 0.1) is 0 Å². The van der Waals surface area contributed by atoms with Gasteiger partial charge in [-0.25, -0.2) is 0 Å². The molecule has 3 nitrogen and oxygen atoms in total. The van der Waals surface area contributed by atoms with E-state index in [2.05, 4.69) is 0 Å². The largest absolute Gasteiger partial charge is 0.344 e. The molecule has 0 radical (unpaired) electrons. The molecule has 0 aliphatic rings. The maximum absolute atomic E-state index is 11.8. The number of amides is 1. The number of nitrogens with two attached hydrogens (primary N) is 1. The second-order valence-corrected chi connectivity index (χ2v) is 4.40.